The number of ether oxygens (including phenoxy) is 1. The molecule has 3 N–H and O–H groups in total. The van der Waals surface area contributed by atoms with E-state index >= 15 is 4.39 Å². The maximum Gasteiger partial charge on any atom is 0.268 e. The number of amides is 1. The first-order chi connectivity index (χ1) is 18.5. The number of pyridine rings is 2. The van der Waals surface area contributed by atoms with Crippen molar-refractivity contribution in [2.75, 3.05) is 29.9 Å². The number of anilines is 3. The molecule has 0 bridgehead atoms. The van der Waals surface area contributed by atoms with E-state index in [4.69, 9.17) is 4.74 Å². The van der Waals surface area contributed by atoms with Crippen LogP contribution in [0.1, 0.15) is 16.8 Å². The van der Waals surface area contributed by atoms with Gasteiger partial charge >= 0.3 is 0 Å². The maximum atomic E-state index is 15.3. The van der Waals surface area contributed by atoms with Crippen LogP contribution in [0.4, 0.5) is 25.8 Å². The van der Waals surface area contributed by atoms with E-state index in [1.807, 2.05) is 0 Å². The number of rotatable bonds is 8. The Bertz CT molecular complexity index is 1490. The van der Waals surface area contributed by atoms with Gasteiger partial charge in [0.15, 0.2) is 17.3 Å². The largest absolute Gasteiger partial charge is 0.452 e. The monoisotopic (exact) mass is 517 g/mol. The zero-order valence-corrected chi connectivity index (χ0v) is 20.3. The molecule has 0 aliphatic carbocycles. The molecule has 1 aliphatic rings. The zero-order chi connectivity index (χ0) is 26.5. The highest BCUT2D eigenvalue weighted by Gasteiger charge is 2.24. The highest BCUT2D eigenvalue weighted by Crippen LogP contribution is 2.34. The Morgan fingerprint density at radius 1 is 1.08 bits per heavy atom. The van der Waals surface area contributed by atoms with Crippen molar-refractivity contribution in [3.63, 3.8) is 0 Å². The van der Waals surface area contributed by atoms with Gasteiger partial charge in [-0.3, -0.25) is 19.5 Å². The average Bonchev–Trinajstić information content (AvgIpc) is 3.45. The van der Waals surface area contributed by atoms with E-state index in [0.29, 0.717) is 17.4 Å². The number of hydrogen-bond donors (Lipinski definition) is 3. The lowest BCUT2D eigenvalue weighted by atomic mass is 10.1. The summed E-state index contributed by atoms with van der Waals surface area (Å²) in [6.07, 6.45) is 5.64. The number of carbonyl (C=O) groups excluding carboxylic acids is 1. The lowest BCUT2D eigenvalue weighted by molar-refractivity contribution is 0.0997. The Kier molecular flexibility index (Phi) is 7.41. The topological polar surface area (TPSA) is 99.4 Å². The lowest BCUT2D eigenvalue weighted by Crippen LogP contribution is -2.31. The molecule has 38 heavy (non-hydrogen) atoms. The van der Waals surface area contributed by atoms with E-state index in [1.54, 1.807) is 18.5 Å². The molecule has 4 aromatic rings. The number of benzene rings is 2. The molecule has 10 heteroatoms. The highest BCUT2D eigenvalue weighted by molar-refractivity contribution is 6.10. The third-order valence-electron chi connectivity index (χ3n) is 6.25. The second kappa shape index (κ2) is 11.2. The van der Waals surface area contributed by atoms with Crippen molar-refractivity contribution in [1.29, 1.82) is 0 Å². The van der Waals surface area contributed by atoms with Crippen LogP contribution in [0.15, 0.2) is 84.0 Å². The summed E-state index contributed by atoms with van der Waals surface area (Å²) in [7, 11) is 0. The summed E-state index contributed by atoms with van der Waals surface area (Å²) in [4.78, 5) is 33.4. The molecule has 1 saturated heterocycles. The first-order valence-electron chi connectivity index (χ1n) is 12.1. The van der Waals surface area contributed by atoms with Gasteiger partial charge in [-0.15, -0.1) is 0 Å². The molecule has 0 saturated carbocycles. The van der Waals surface area contributed by atoms with E-state index in [1.165, 1.54) is 54.7 Å². The van der Waals surface area contributed by atoms with Crippen LogP contribution in [0.2, 0.25) is 0 Å². The third kappa shape index (κ3) is 5.55. The van der Waals surface area contributed by atoms with Crippen LogP contribution in [0.25, 0.3) is 0 Å². The Labute approximate surface area is 217 Å². The second-order valence-corrected chi connectivity index (χ2v) is 8.86. The molecule has 8 nitrogen and oxygen atoms in total. The average molecular weight is 518 g/mol. The second-order valence-electron chi connectivity index (χ2n) is 8.86. The van der Waals surface area contributed by atoms with Crippen molar-refractivity contribution in [1.82, 2.24) is 15.3 Å². The number of aromatic amines is 1. The van der Waals surface area contributed by atoms with Gasteiger partial charge in [-0.05, 0) is 74.0 Å². The summed E-state index contributed by atoms with van der Waals surface area (Å²) in [6.45, 7) is 2.64. The molecular weight excluding hydrogens is 492 g/mol. The Hall–Kier alpha value is -4.57. The molecule has 1 atom stereocenters. The van der Waals surface area contributed by atoms with Gasteiger partial charge in [-0.2, -0.15) is 0 Å². The summed E-state index contributed by atoms with van der Waals surface area (Å²) < 4.78 is 34.8. The number of nitrogens with one attached hydrogen (secondary N) is 3. The van der Waals surface area contributed by atoms with Crippen LogP contribution in [0, 0.1) is 17.6 Å². The first kappa shape index (κ1) is 25.1. The lowest BCUT2D eigenvalue weighted by Gasteiger charge is -2.23. The number of aromatic nitrogens is 2. The zero-order valence-electron chi connectivity index (χ0n) is 20.3. The van der Waals surface area contributed by atoms with Gasteiger partial charge in [0.05, 0.1) is 17.6 Å². The van der Waals surface area contributed by atoms with E-state index in [9.17, 15) is 14.0 Å². The first-order valence-corrected chi connectivity index (χ1v) is 12.1. The van der Waals surface area contributed by atoms with E-state index in [2.05, 4.69) is 20.6 Å². The minimum atomic E-state index is -0.730. The number of hydrogen-bond acceptors (Lipinski definition) is 6. The van der Waals surface area contributed by atoms with Gasteiger partial charge in [-0.25, -0.2) is 8.78 Å². The summed E-state index contributed by atoms with van der Waals surface area (Å²) in [6, 6.07) is 13.7. The molecule has 2 aromatic heterocycles. The molecular formula is C28H25F2N5O3. The van der Waals surface area contributed by atoms with Gasteiger partial charge in [0.1, 0.15) is 11.4 Å². The van der Waals surface area contributed by atoms with Crippen molar-refractivity contribution in [2.24, 2.45) is 5.92 Å². The van der Waals surface area contributed by atoms with Crippen LogP contribution in [0.3, 0.4) is 0 Å². The minimum Gasteiger partial charge on any atom is -0.452 e. The molecule has 0 radical (unpaired) electrons. The van der Waals surface area contributed by atoms with Gasteiger partial charge < -0.3 is 20.4 Å². The van der Waals surface area contributed by atoms with Gasteiger partial charge in [0.2, 0.25) is 0 Å². The maximum absolute atomic E-state index is 15.3. The Balaban J connectivity index is 1.43. The fraction of sp³-hybridized carbons (Fsp3) is 0.179. The molecule has 1 aliphatic heterocycles. The molecule has 2 aromatic carbocycles. The normalized spacial score (nSPS) is 14.7. The van der Waals surface area contributed by atoms with Crippen molar-refractivity contribution in [3.8, 4) is 11.5 Å². The summed E-state index contributed by atoms with van der Waals surface area (Å²) in [5.41, 5.74) is 0.277. The fourth-order valence-corrected chi connectivity index (χ4v) is 4.26. The van der Waals surface area contributed by atoms with Crippen molar-refractivity contribution >= 4 is 23.0 Å². The van der Waals surface area contributed by atoms with Gasteiger partial charge in [0.25, 0.3) is 11.5 Å². The molecule has 3 heterocycles. The Morgan fingerprint density at radius 3 is 2.63 bits per heavy atom. The van der Waals surface area contributed by atoms with E-state index in [0.717, 1.165) is 37.0 Å². The summed E-state index contributed by atoms with van der Waals surface area (Å²) in [5.74, 6) is -1.11. The standard InChI is InChI=1S/C28H25F2N5O3/c29-19-3-5-20(6-4-19)35(28(37)22-2-1-11-33-27(22)36)21-7-8-25(23(30)14-21)38-26-10-13-32-17-24(26)34-16-18-9-12-31-15-18/h1-8,10-11,13-14,17-18,31,34H,9,12,15-16H2,(H,33,36). The molecule has 1 fully saturated rings. The molecule has 1 unspecified atom stereocenters. The van der Waals surface area contributed by atoms with Crippen molar-refractivity contribution in [3.05, 3.63) is 107 Å². The number of H-pyrrole nitrogens is 1. The van der Waals surface area contributed by atoms with Crippen LogP contribution >= 0.6 is 0 Å². The molecule has 194 valence electrons. The van der Waals surface area contributed by atoms with Crippen LogP contribution in [-0.2, 0) is 0 Å². The summed E-state index contributed by atoms with van der Waals surface area (Å²) >= 11 is 0. The number of carbonyl (C=O) groups is 1. The van der Waals surface area contributed by atoms with Gasteiger partial charge in [0, 0.05) is 36.8 Å². The van der Waals surface area contributed by atoms with Gasteiger partial charge in [-0.1, -0.05) is 0 Å². The highest BCUT2D eigenvalue weighted by atomic mass is 19.1. The van der Waals surface area contributed by atoms with Crippen molar-refractivity contribution in [2.45, 2.75) is 6.42 Å². The van der Waals surface area contributed by atoms with E-state index < -0.39 is 23.1 Å². The predicted molar refractivity (Wildman–Crippen MR) is 140 cm³/mol. The summed E-state index contributed by atoms with van der Waals surface area (Å²) in [5, 5.41) is 6.64. The van der Waals surface area contributed by atoms with Crippen molar-refractivity contribution < 1.29 is 18.3 Å². The fourth-order valence-electron chi connectivity index (χ4n) is 4.26. The number of halogens is 2. The molecule has 5 rings (SSSR count). The minimum absolute atomic E-state index is 0.0606. The molecule has 0 spiro atoms. The van der Waals surface area contributed by atoms with Crippen LogP contribution < -0.4 is 25.8 Å². The van der Waals surface area contributed by atoms with Crippen LogP contribution in [0.5, 0.6) is 11.5 Å². The SMILES string of the molecule is O=C(c1ccc[nH]c1=O)N(c1ccc(F)cc1)c1ccc(Oc2ccncc2NCC2CCNC2)c(F)c1. The van der Waals surface area contributed by atoms with E-state index in [-0.39, 0.29) is 22.7 Å². The predicted octanol–water partition coefficient (Wildman–Crippen LogP) is 4.84. The van der Waals surface area contributed by atoms with Crippen LogP contribution in [-0.4, -0.2) is 35.5 Å². The number of nitrogens with zero attached hydrogens (tertiary/aromatic N) is 2. The third-order valence-corrected chi connectivity index (χ3v) is 6.25. The Morgan fingerprint density at radius 2 is 1.89 bits per heavy atom. The molecule has 1 amide bonds. The smallest absolute Gasteiger partial charge is 0.268 e. The quantitative estimate of drug-likeness (QED) is 0.309.